The molecule has 1 saturated heterocycles. The number of aromatic nitrogens is 5. The van der Waals surface area contributed by atoms with E-state index in [0.29, 0.717) is 17.7 Å². The van der Waals surface area contributed by atoms with E-state index in [4.69, 9.17) is 14.7 Å². The van der Waals surface area contributed by atoms with Crippen molar-refractivity contribution in [1.82, 2.24) is 25.1 Å². The lowest BCUT2D eigenvalue weighted by Crippen LogP contribution is -2.28. The number of benzene rings is 1. The average molecular weight is 389 g/mol. The van der Waals surface area contributed by atoms with Crippen LogP contribution in [0.15, 0.2) is 42.5 Å². The molecule has 4 heterocycles. The van der Waals surface area contributed by atoms with Crippen molar-refractivity contribution in [2.75, 3.05) is 23.8 Å². The van der Waals surface area contributed by atoms with E-state index >= 15 is 0 Å². The fraction of sp³-hybridized carbons (Fsp3) is 0.286. The summed E-state index contributed by atoms with van der Waals surface area (Å²) in [6, 6.07) is 14.4. The zero-order chi connectivity index (χ0) is 19.6. The molecule has 0 saturated carbocycles. The number of aromatic amines is 2. The zero-order valence-corrected chi connectivity index (χ0v) is 16.2. The minimum absolute atomic E-state index is 0.342. The van der Waals surface area contributed by atoms with Crippen LogP contribution in [0, 0.1) is 6.92 Å². The van der Waals surface area contributed by atoms with Crippen LogP contribution in [0.25, 0.3) is 22.4 Å². The number of H-pyrrole nitrogens is 2. The van der Waals surface area contributed by atoms with Crippen LogP contribution in [0.2, 0.25) is 0 Å². The van der Waals surface area contributed by atoms with Crippen LogP contribution in [0.5, 0.6) is 0 Å². The van der Waals surface area contributed by atoms with E-state index in [1.807, 2.05) is 31.2 Å². The van der Waals surface area contributed by atoms with E-state index in [2.05, 4.69) is 44.0 Å². The summed E-state index contributed by atoms with van der Waals surface area (Å²) in [5.41, 5.74) is 2.92. The Morgan fingerprint density at radius 2 is 1.83 bits per heavy atom. The van der Waals surface area contributed by atoms with Gasteiger partial charge in [-0.3, -0.25) is 5.10 Å². The molecule has 1 fully saturated rings. The smallest absolute Gasteiger partial charge is 0.180 e. The first-order valence-corrected chi connectivity index (χ1v) is 9.83. The molecule has 8 nitrogen and oxygen atoms in total. The molecule has 4 N–H and O–H groups in total. The number of rotatable bonds is 5. The molecule has 3 aromatic heterocycles. The maximum Gasteiger partial charge on any atom is 0.180 e. The van der Waals surface area contributed by atoms with Gasteiger partial charge in [-0.2, -0.15) is 5.10 Å². The van der Waals surface area contributed by atoms with Crippen LogP contribution in [0.3, 0.4) is 0 Å². The number of fused-ring (bicyclic) bond motifs is 1. The van der Waals surface area contributed by atoms with E-state index in [9.17, 15) is 0 Å². The zero-order valence-electron chi connectivity index (χ0n) is 16.2. The monoisotopic (exact) mass is 389 g/mol. The first kappa shape index (κ1) is 17.7. The van der Waals surface area contributed by atoms with Crippen molar-refractivity contribution < 1.29 is 4.74 Å². The van der Waals surface area contributed by atoms with Crippen molar-refractivity contribution in [3.05, 3.63) is 48.2 Å². The van der Waals surface area contributed by atoms with Crippen LogP contribution >= 0.6 is 0 Å². The summed E-state index contributed by atoms with van der Waals surface area (Å²) in [6.45, 7) is 3.51. The van der Waals surface area contributed by atoms with Gasteiger partial charge in [0, 0.05) is 48.0 Å². The van der Waals surface area contributed by atoms with Crippen LogP contribution in [0.1, 0.15) is 18.5 Å². The van der Waals surface area contributed by atoms with Crippen molar-refractivity contribution in [1.29, 1.82) is 0 Å². The van der Waals surface area contributed by atoms with Crippen molar-refractivity contribution in [3.63, 3.8) is 0 Å². The lowest BCUT2D eigenvalue weighted by molar-refractivity contribution is 0.0904. The van der Waals surface area contributed by atoms with Crippen LogP contribution < -0.4 is 10.6 Å². The number of aryl methyl sites for hydroxylation is 1. The molecule has 29 heavy (non-hydrogen) atoms. The Hall–Kier alpha value is -3.39. The van der Waals surface area contributed by atoms with Crippen molar-refractivity contribution in [2.24, 2.45) is 0 Å². The van der Waals surface area contributed by atoms with Crippen molar-refractivity contribution in [3.8, 4) is 11.5 Å². The second kappa shape index (κ2) is 7.56. The second-order valence-corrected chi connectivity index (χ2v) is 7.32. The van der Waals surface area contributed by atoms with Gasteiger partial charge in [-0.1, -0.05) is 18.2 Å². The molecule has 8 heteroatoms. The molecule has 0 unspecified atom stereocenters. The lowest BCUT2D eigenvalue weighted by Gasteiger charge is -2.24. The standard InChI is InChI=1S/C21H23N7O/c1-13-10-20(28-27-13)24-19-12-18(22-15-6-8-29-9-7-15)25-21(26-19)17-11-14-4-2-3-5-16(14)23-17/h2-5,10-12,15,23H,6-9H2,1H3,(H3,22,24,25,26,27,28). The molecule has 0 amide bonds. The minimum Gasteiger partial charge on any atom is -0.381 e. The van der Waals surface area contributed by atoms with E-state index in [0.717, 1.165) is 60.0 Å². The Morgan fingerprint density at radius 1 is 1.00 bits per heavy atom. The fourth-order valence-corrected chi connectivity index (χ4v) is 3.56. The van der Waals surface area contributed by atoms with Gasteiger partial charge in [-0.15, -0.1) is 0 Å². The summed E-state index contributed by atoms with van der Waals surface area (Å²) in [7, 11) is 0. The van der Waals surface area contributed by atoms with Gasteiger partial charge < -0.3 is 20.4 Å². The summed E-state index contributed by atoms with van der Waals surface area (Å²) in [5.74, 6) is 2.83. The lowest BCUT2D eigenvalue weighted by atomic mass is 10.1. The van der Waals surface area contributed by atoms with E-state index < -0.39 is 0 Å². The molecule has 148 valence electrons. The van der Waals surface area contributed by atoms with Crippen LogP contribution in [-0.2, 0) is 4.74 Å². The highest BCUT2D eigenvalue weighted by Gasteiger charge is 2.16. The van der Waals surface area contributed by atoms with Crippen LogP contribution in [0.4, 0.5) is 17.5 Å². The Labute approximate surface area is 168 Å². The number of anilines is 3. The normalized spacial score (nSPS) is 14.9. The number of hydrogen-bond acceptors (Lipinski definition) is 6. The Bertz CT molecular complexity index is 1090. The Kier molecular flexibility index (Phi) is 4.61. The van der Waals surface area contributed by atoms with Crippen molar-refractivity contribution >= 4 is 28.4 Å². The molecule has 1 aliphatic rings. The first-order valence-electron chi connectivity index (χ1n) is 9.83. The van der Waals surface area contributed by atoms with Gasteiger partial charge in [0.15, 0.2) is 11.6 Å². The topological polar surface area (TPSA) is 104 Å². The van der Waals surface area contributed by atoms with E-state index in [1.54, 1.807) is 0 Å². The van der Waals surface area contributed by atoms with Gasteiger partial charge in [0.05, 0.1) is 5.69 Å². The number of nitrogens with one attached hydrogen (secondary N) is 4. The summed E-state index contributed by atoms with van der Waals surface area (Å²) in [5, 5.41) is 15.1. The SMILES string of the molecule is Cc1cc(Nc2cc(NC3CCOCC3)nc(-c3cc4ccccc4[nH]3)n2)n[nH]1. The highest BCUT2D eigenvalue weighted by molar-refractivity contribution is 5.85. The van der Waals surface area contributed by atoms with Gasteiger partial charge in [-0.05, 0) is 31.9 Å². The summed E-state index contributed by atoms with van der Waals surface area (Å²) >= 11 is 0. The molecule has 0 spiro atoms. The molecule has 0 aliphatic carbocycles. The van der Waals surface area contributed by atoms with Gasteiger partial charge >= 0.3 is 0 Å². The summed E-state index contributed by atoms with van der Waals surface area (Å²) < 4.78 is 5.47. The third kappa shape index (κ3) is 3.93. The first-order chi connectivity index (χ1) is 14.2. The van der Waals surface area contributed by atoms with E-state index in [1.165, 1.54) is 0 Å². The molecular formula is C21H23N7O. The molecule has 1 aromatic carbocycles. The number of nitrogens with zero attached hydrogens (tertiary/aromatic N) is 3. The number of hydrogen-bond donors (Lipinski definition) is 4. The predicted octanol–water partition coefficient (Wildman–Crippen LogP) is 3.99. The molecule has 5 rings (SSSR count). The quantitative estimate of drug-likeness (QED) is 0.411. The molecule has 1 aliphatic heterocycles. The van der Waals surface area contributed by atoms with Gasteiger partial charge in [0.2, 0.25) is 0 Å². The van der Waals surface area contributed by atoms with Gasteiger partial charge in [0.25, 0.3) is 0 Å². The maximum absolute atomic E-state index is 5.47. The highest BCUT2D eigenvalue weighted by Crippen LogP contribution is 2.26. The minimum atomic E-state index is 0.342. The molecular weight excluding hydrogens is 366 g/mol. The molecule has 0 radical (unpaired) electrons. The third-order valence-electron chi connectivity index (χ3n) is 5.03. The summed E-state index contributed by atoms with van der Waals surface area (Å²) in [4.78, 5) is 12.9. The Morgan fingerprint density at radius 3 is 2.62 bits per heavy atom. The summed E-state index contributed by atoms with van der Waals surface area (Å²) in [6.07, 6.45) is 1.93. The maximum atomic E-state index is 5.47. The number of para-hydroxylation sites is 1. The third-order valence-corrected chi connectivity index (χ3v) is 5.03. The molecule has 0 atom stereocenters. The number of ether oxygens (including phenoxy) is 1. The van der Waals surface area contributed by atoms with Gasteiger partial charge in [-0.25, -0.2) is 9.97 Å². The highest BCUT2D eigenvalue weighted by atomic mass is 16.5. The largest absolute Gasteiger partial charge is 0.381 e. The second-order valence-electron chi connectivity index (χ2n) is 7.32. The Balaban J connectivity index is 1.51. The molecule has 4 aromatic rings. The van der Waals surface area contributed by atoms with Crippen LogP contribution in [-0.4, -0.2) is 44.4 Å². The fourth-order valence-electron chi connectivity index (χ4n) is 3.56. The average Bonchev–Trinajstić information content (AvgIpc) is 3.34. The molecule has 0 bridgehead atoms. The van der Waals surface area contributed by atoms with E-state index in [-0.39, 0.29) is 0 Å². The predicted molar refractivity (Wildman–Crippen MR) is 113 cm³/mol. The van der Waals surface area contributed by atoms with Crippen molar-refractivity contribution in [2.45, 2.75) is 25.8 Å². The van der Waals surface area contributed by atoms with Gasteiger partial charge in [0.1, 0.15) is 11.6 Å².